The van der Waals surface area contributed by atoms with E-state index >= 15 is 0 Å². The molecule has 0 radical (unpaired) electrons. The predicted molar refractivity (Wildman–Crippen MR) is 122 cm³/mol. The second-order valence-corrected chi connectivity index (χ2v) is 7.30. The normalized spacial score (nSPS) is 15.0. The maximum absolute atomic E-state index is 12.5. The van der Waals surface area contributed by atoms with Gasteiger partial charge in [-0.25, -0.2) is 0 Å². The molecule has 0 spiro atoms. The zero-order valence-electron chi connectivity index (χ0n) is 15.0. The van der Waals surface area contributed by atoms with Crippen LogP contribution in [0.2, 0.25) is 5.02 Å². The number of nitrogens with one attached hydrogen (secondary N) is 1. The quantitative estimate of drug-likeness (QED) is 0.352. The first-order chi connectivity index (χ1) is 12.5. The van der Waals surface area contributed by atoms with E-state index in [0.29, 0.717) is 30.6 Å². The number of nitrogens with zero attached hydrogens (tertiary/aromatic N) is 5. The average Bonchev–Trinajstić information content (AvgIpc) is 3.03. The van der Waals surface area contributed by atoms with Crippen LogP contribution in [0.5, 0.6) is 0 Å². The van der Waals surface area contributed by atoms with Gasteiger partial charge in [-0.2, -0.15) is 5.10 Å². The Labute approximate surface area is 188 Å². The maximum Gasteiger partial charge on any atom is 0.246 e. The zero-order chi connectivity index (χ0) is 18.7. The predicted octanol–water partition coefficient (Wildman–Crippen LogP) is 2.88. The summed E-state index contributed by atoms with van der Waals surface area (Å²) in [5.41, 5.74) is 1.79. The lowest BCUT2D eigenvalue weighted by Gasteiger charge is -2.35. The molecule has 1 aliphatic heterocycles. The third kappa shape index (κ3) is 5.35. The number of piperazine rings is 1. The molecule has 0 saturated carbocycles. The maximum atomic E-state index is 12.5. The van der Waals surface area contributed by atoms with Crippen LogP contribution in [-0.4, -0.2) is 53.2 Å². The summed E-state index contributed by atoms with van der Waals surface area (Å²) in [7, 11) is 3.55. The summed E-state index contributed by atoms with van der Waals surface area (Å²) in [4.78, 5) is 20.5. The number of carbonyl (C=O) groups excluding carboxylic acids is 1. The Balaban J connectivity index is 0.00000261. The van der Waals surface area contributed by atoms with Crippen molar-refractivity contribution in [3.05, 3.63) is 45.7 Å². The fourth-order valence-electron chi connectivity index (χ4n) is 2.85. The van der Waals surface area contributed by atoms with Gasteiger partial charge in [0.05, 0.1) is 11.9 Å². The number of carbonyl (C=O) groups is 1. The molecule has 1 saturated heterocycles. The number of amides is 1. The van der Waals surface area contributed by atoms with Gasteiger partial charge < -0.3 is 15.1 Å². The van der Waals surface area contributed by atoms with Crippen molar-refractivity contribution in [2.24, 2.45) is 12.0 Å². The molecule has 2 heterocycles. The fourth-order valence-corrected chi connectivity index (χ4v) is 3.59. The van der Waals surface area contributed by atoms with E-state index in [1.54, 1.807) is 22.8 Å². The van der Waals surface area contributed by atoms with Crippen LogP contribution >= 0.6 is 51.5 Å². The summed E-state index contributed by atoms with van der Waals surface area (Å²) in [5, 5.41) is 8.10. The van der Waals surface area contributed by atoms with Crippen molar-refractivity contribution in [3.63, 3.8) is 0 Å². The molecule has 0 aliphatic carbocycles. The van der Waals surface area contributed by atoms with Crippen LogP contribution in [0.3, 0.4) is 0 Å². The van der Waals surface area contributed by atoms with Crippen LogP contribution < -0.4 is 10.2 Å². The third-order valence-corrected chi connectivity index (χ3v) is 5.03. The number of hydrogen-bond donors (Lipinski definition) is 1. The summed E-state index contributed by atoms with van der Waals surface area (Å²) in [6, 6.07) is 5.76. The monoisotopic (exact) mass is 566 g/mol. The SMILES string of the molecule is CN=C(NCc1ccc(Br)cc1Cl)N1CCN(c2cnn(C)c2)C(=O)C1.I. The number of aliphatic imine (C=N–C) groups is 1. The molecule has 0 unspecified atom stereocenters. The second-order valence-electron chi connectivity index (χ2n) is 5.98. The molecule has 0 bridgehead atoms. The number of rotatable bonds is 3. The second kappa shape index (κ2) is 9.74. The first kappa shape index (κ1) is 22.0. The standard InChI is InChI=1S/C17H20BrClN6O.HI/c1-20-17(21-8-12-3-4-13(18)7-15(12)19)24-5-6-25(16(26)11-24)14-9-22-23(2)10-14;/h3-4,7,9-10H,5-6,8,11H2,1-2H3,(H,20,21);1H. The molecule has 146 valence electrons. The highest BCUT2D eigenvalue weighted by molar-refractivity contribution is 14.0. The van der Waals surface area contributed by atoms with Crippen LogP contribution in [0.15, 0.2) is 40.1 Å². The lowest BCUT2D eigenvalue weighted by Crippen LogP contribution is -2.55. The topological polar surface area (TPSA) is 65.8 Å². The van der Waals surface area contributed by atoms with Gasteiger partial charge in [0.25, 0.3) is 0 Å². The van der Waals surface area contributed by atoms with E-state index in [1.807, 2.05) is 36.3 Å². The largest absolute Gasteiger partial charge is 0.352 e. The number of guanidine groups is 1. The highest BCUT2D eigenvalue weighted by atomic mass is 127. The van der Waals surface area contributed by atoms with E-state index in [4.69, 9.17) is 11.6 Å². The van der Waals surface area contributed by atoms with E-state index in [0.717, 1.165) is 15.7 Å². The average molecular weight is 568 g/mol. The van der Waals surface area contributed by atoms with Gasteiger partial charge in [-0.3, -0.25) is 14.5 Å². The first-order valence-electron chi connectivity index (χ1n) is 8.16. The molecule has 3 rings (SSSR count). The van der Waals surface area contributed by atoms with Gasteiger partial charge in [-0.05, 0) is 17.7 Å². The Hall–Kier alpha value is -1.33. The molecule has 1 aromatic heterocycles. The van der Waals surface area contributed by atoms with Crippen LogP contribution in [0.4, 0.5) is 5.69 Å². The van der Waals surface area contributed by atoms with Crippen molar-refractivity contribution in [1.29, 1.82) is 0 Å². The molecule has 27 heavy (non-hydrogen) atoms. The van der Waals surface area contributed by atoms with Crippen LogP contribution in [-0.2, 0) is 18.4 Å². The Morgan fingerprint density at radius 2 is 2.19 bits per heavy atom. The van der Waals surface area contributed by atoms with Crippen molar-refractivity contribution in [2.75, 3.05) is 31.6 Å². The van der Waals surface area contributed by atoms with E-state index in [9.17, 15) is 4.79 Å². The zero-order valence-corrected chi connectivity index (χ0v) is 19.7. The van der Waals surface area contributed by atoms with Gasteiger partial charge in [-0.1, -0.05) is 33.6 Å². The van der Waals surface area contributed by atoms with Crippen molar-refractivity contribution < 1.29 is 4.79 Å². The molecule has 1 aliphatic rings. The highest BCUT2D eigenvalue weighted by Gasteiger charge is 2.27. The summed E-state index contributed by atoms with van der Waals surface area (Å²) in [5.74, 6) is 0.706. The van der Waals surface area contributed by atoms with Crippen LogP contribution in [0.1, 0.15) is 5.56 Å². The molecule has 7 nitrogen and oxygen atoms in total. The minimum atomic E-state index is 0. The Bertz CT molecular complexity index is 843. The van der Waals surface area contributed by atoms with Crippen molar-refractivity contribution in [3.8, 4) is 0 Å². The molecule has 10 heteroatoms. The Kier molecular flexibility index (Phi) is 7.92. The Morgan fingerprint density at radius 1 is 1.41 bits per heavy atom. The van der Waals surface area contributed by atoms with Crippen molar-refractivity contribution in [1.82, 2.24) is 20.0 Å². The van der Waals surface area contributed by atoms with Gasteiger partial charge in [-0.15, -0.1) is 24.0 Å². The van der Waals surface area contributed by atoms with Crippen molar-refractivity contribution >= 4 is 69.1 Å². The van der Waals surface area contributed by atoms with Gasteiger partial charge in [0.1, 0.15) is 6.54 Å². The summed E-state index contributed by atoms with van der Waals surface area (Å²) in [6.07, 6.45) is 3.55. The van der Waals surface area contributed by atoms with Gasteiger partial charge >= 0.3 is 0 Å². The molecule has 1 amide bonds. The summed E-state index contributed by atoms with van der Waals surface area (Å²) in [6.45, 7) is 2.08. The molecule has 2 aromatic rings. The smallest absolute Gasteiger partial charge is 0.246 e. The molecule has 0 atom stereocenters. The molecule has 1 fully saturated rings. The first-order valence-corrected chi connectivity index (χ1v) is 9.33. The minimum Gasteiger partial charge on any atom is -0.352 e. The summed E-state index contributed by atoms with van der Waals surface area (Å²) < 4.78 is 2.63. The lowest BCUT2D eigenvalue weighted by atomic mass is 10.2. The molecular weight excluding hydrogens is 546 g/mol. The van der Waals surface area contributed by atoms with Crippen LogP contribution in [0, 0.1) is 0 Å². The number of benzene rings is 1. The number of hydrogen-bond acceptors (Lipinski definition) is 3. The molecule has 1 N–H and O–H groups in total. The van der Waals surface area contributed by atoms with E-state index in [1.165, 1.54) is 0 Å². The third-order valence-electron chi connectivity index (χ3n) is 4.19. The minimum absolute atomic E-state index is 0. The van der Waals surface area contributed by atoms with Crippen LogP contribution in [0.25, 0.3) is 0 Å². The van der Waals surface area contributed by atoms with Crippen molar-refractivity contribution in [2.45, 2.75) is 6.54 Å². The molecular formula is C17H21BrClIN6O. The van der Waals surface area contributed by atoms with E-state index in [2.05, 4.69) is 31.3 Å². The molecule has 1 aromatic carbocycles. The highest BCUT2D eigenvalue weighted by Crippen LogP contribution is 2.21. The number of halogens is 3. The van der Waals surface area contributed by atoms with Gasteiger partial charge in [0.15, 0.2) is 5.96 Å². The number of aryl methyl sites for hydroxylation is 1. The van der Waals surface area contributed by atoms with E-state index < -0.39 is 0 Å². The van der Waals surface area contributed by atoms with E-state index in [-0.39, 0.29) is 36.4 Å². The number of anilines is 1. The Morgan fingerprint density at radius 3 is 2.78 bits per heavy atom. The summed E-state index contributed by atoms with van der Waals surface area (Å²) >= 11 is 9.66. The lowest BCUT2D eigenvalue weighted by molar-refractivity contribution is -0.120. The van der Waals surface area contributed by atoms with Gasteiger partial charge in [0, 0.05) is 49.4 Å². The number of aromatic nitrogens is 2. The fraction of sp³-hybridized carbons (Fsp3) is 0.353. The van der Waals surface area contributed by atoms with Gasteiger partial charge in [0.2, 0.25) is 5.91 Å².